The summed E-state index contributed by atoms with van der Waals surface area (Å²) in [6.07, 6.45) is 11.1. The number of oxazole rings is 1. The van der Waals surface area contributed by atoms with E-state index in [1.54, 1.807) is 24.4 Å². The normalized spacial score (nSPS) is 17.0. The van der Waals surface area contributed by atoms with Gasteiger partial charge in [-0.2, -0.15) is 0 Å². The third-order valence-electron chi connectivity index (χ3n) is 5.45. The number of benzene rings is 1. The second kappa shape index (κ2) is 9.01. The number of allylic oxidation sites excluding steroid dienone is 5. The average molecular weight is 423 g/mol. The molecule has 4 rings (SSSR count). The SMILES string of the molecule is CN1CCN(C(=O)C2=CC=C(c3cnc(Nc4ccc(N)c(C=N)c4)o3)C=CC2)CC1.[HH].[HH]. The van der Waals surface area contributed by atoms with E-state index in [-0.39, 0.29) is 8.76 Å². The third-order valence-corrected chi connectivity index (χ3v) is 5.45. The first-order chi connectivity index (χ1) is 15.0. The predicted octanol–water partition coefficient (Wildman–Crippen LogP) is 3.53. The molecule has 8 nitrogen and oxygen atoms in total. The van der Waals surface area contributed by atoms with E-state index in [9.17, 15) is 4.79 Å². The van der Waals surface area contributed by atoms with Crippen LogP contribution in [-0.2, 0) is 4.79 Å². The topological polar surface area (TPSA) is 111 Å². The van der Waals surface area contributed by atoms with E-state index in [1.165, 1.54) is 6.21 Å². The number of nitrogens with two attached hydrogens (primary N) is 1. The molecule has 0 bridgehead atoms. The van der Waals surface area contributed by atoms with Gasteiger partial charge in [0.05, 0.1) is 6.20 Å². The molecule has 0 atom stereocenters. The van der Waals surface area contributed by atoms with E-state index in [4.69, 9.17) is 15.6 Å². The number of hydrogen-bond acceptors (Lipinski definition) is 7. The smallest absolute Gasteiger partial charge is 0.299 e. The van der Waals surface area contributed by atoms with Crippen LogP contribution in [0.25, 0.3) is 5.57 Å². The van der Waals surface area contributed by atoms with E-state index < -0.39 is 0 Å². The molecule has 2 aliphatic rings. The molecule has 0 radical (unpaired) electrons. The summed E-state index contributed by atoms with van der Waals surface area (Å²) in [5, 5.41) is 10.5. The van der Waals surface area contributed by atoms with Gasteiger partial charge in [-0.15, -0.1) is 0 Å². The monoisotopic (exact) mass is 422 g/mol. The lowest BCUT2D eigenvalue weighted by molar-refractivity contribution is -0.128. The van der Waals surface area contributed by atoms with Crippen molar-refractivity contribution in [3.05, 3.63) is 65.6 Å². The predicted molar refractivity (Wildman–Crippen MR) is 127 cm³/mol. The molecule has 8 heteroatoms. The van der Waals surface area contributed by atoms with Crippen molar-refractivity contribution >= 4 is 35.1 Å². The van der Waals surface area contributed by atoms with Gasteiger partial charge in [-0.3, -0.25) is 4.79 Å². The molecule has 1 amide bonds. The highest BCUT2D eigenvalue weighted by Crippen LogP contribution is 2.26. The second-order valence-corrected chi connectivity index (χ2v) is 7.66. The molecular formula is C23H30N6O2. The van der Waals surface area contributed by atoms with Crippen molar-refractivity contribution < 1.29 is 12.1 Å². The summed E-state index contributed by atoms with van der Waals surface area (Å²) in [6.45, 7) is 3.32. The van der Waals surface area contributed by atoms with Crippen molar-refractivity contribution in [2.75, 3.05) is 44.3 Å². The molecule has 1 saturated heterocycles. The summed E-state index contributed by atoms with van der Waals surface area (Å²) in [5.41, 5.74) is 9.33. The molecule has 0 spiro atoms. The Kier molecular flexibility index (Phi) is 5.99. The summed E-state index contributed by atoms with van der Waals surface area (Å²) in [4.78, 5) is 21.3. The van der Waals surface area contributed by atoms with Gasteiger partial charge in [-0.05, 0) is 31.7 Å². The number of nitrogens with zero attached hydrogens (tertiary/aromatic N) is 3. The van der Waals surface area contributed by atoms with Gasteiger partial charge in [0.2, 0.25) is 5.91 Å². The number of aromatic nitrogens is 1. The number of carbonyl (C=O) groups is 1. The Morgan fingerprint density at radius 2 is 2.10 bits per heavy atom. The maximum atomic E-state index is 12.8. The maximum Gasteiger partial charge on any atom is 0.299 e. The van der Waals surface area contributed by atoms with Crippen LogP contribution in [0.15, 0.2) is 58.7 Å². The quantitative estimate of drug-likeness (QED) is 0.502. The summed E-state index contributed by atoms with van der Waals surface area (Å²) in [7, 11) is 2.07. The first kappa shape index (κ1) is 20.6. The van der Waals surface area contributed by atoms with Crippen molar-refractivity contribution in [3.63, 3.8) is 0 Å². The second-order valence-electron chi connectivity index (χ2n) is 7.66. The lowest BCUT2D eigenvalue weighted by Gasteiger charge is -2.32. The number of carbonyl (C=O) groups excluding carboxylic acids is 1. The number of nitrogens with one attached hydrogen (secondary N) is 2. The summed E-state index contributed by atoms with van der Waals surface area (Å²) >= 11 is 0. The van der Waals surface area contributed by atoms with Gasteiger partial charge < -0.3 is 30.7 Å². The first-order valence-corrected chi connectivity index (χ1v) is 10.2. The van der Waals surface area contributed by atoms with Gasteiger partial charge in [0, 0.05) is 63.3 Å². The summed E-state index contributed by atoms with van der Waals surface area (Å²) < 4.78 is 5.85. The van der Waals surface area contributed by atoms with Crippen molar-refractivity contribution in [1.29, 1.82) is 5.41 Å². The molecule has 2 aromatic rings. The highest BCUT2D eigenvalue weighted by Gasteiger charge is 2.22. The zero-order valence-corrected chi connectivity index (χ0v) is 17.5. The zero-order chi connectivity index (χ0) is 21.8. The Morgan fingerprint density at radius 3 is 2.87 bits per heavy atom. The molecule has 1 fully saturated rings. The molecule has 0 saturated carbocycles. The maximum absolute atomic E-state index is 12.8. The number of anilines is 3. The minimum Gasteiger partial charge on any atom is -0.423 e. The first-order valence-electron chi connectivity index (χ1n) is 10.2. The number of rotatable bonds is 5. The Bertz CT molecular complexity index is 1080. The Labute approximate surface area is 184 Å². The van der Waals surface area contributed by atoms with Gasteiger partial charge in [0.25, 0.3) is 6.01 Å². The van der Waals surface area contributed by atoms with Crippen molar-refractivity contribution in [1.82, 2.24) is 14.8 Å². The minimum absolute atomic E-state index is 0. The summed E-state index contributed by atoms with van der Waals surface area (Å²) in [5.74, 6) is 0.701. The standard InChI is InChI=1S/C23H26N6O2.2H2/c1-28-9-11-29(12-10-28)22(30)17-4-2-3-16(5-6-17)21-15-26-23(31-21)27-19-7-8-20(25)18(13-19)14-24;;/h2-3,5-8,13-15,24H,4,9-12,25H2,1H3,(H,26,27);2*1H. The molecule has 1 aromatic carbocycles. The highest BCUT2D eigenvalue weighted by atomic mass is 16.4. The fraction of sp³-hybridized carbons (Fsp3) is 0.261. The molecular weight excluding hydrogens is 392 g/mol. The lowest BCUT2D eigenvalue weighted by atomic mass is 10.1. The van der Waals surface area contributed by atoms with Crippen LogP contribution in [0.2, 0.25) is 0 Å². The van der Waals surface area contributed by atoms with Crippen molar-refractivity contribution in [3.8, 4) is 0 Å². The van der Waals surface area contributed by atoms with Gasteiger partial charge >= 0.3 is 0 Å². The fourth-order valence-electron chi connectivity index (χ4n) is 3.53. The zero-order valence-electron chi connectivity index (χ0n) is 17.5. The lowest BCUT2D eigenvalue weighted by Crippen LogP contribution is -2.47. The van der Waals surface area contributed by atoms with Crippen LogP contribution in [0.5, 0.6) is 0 Å². The minimum atomic E-state index is 0. The fourth-order valence-corrected chi connectivity index (χ4v) is 3.53. The van der Waals surface area contributed by atoms with Crippen molar-refractivity contribution in [2.24, 2.45) is 0 Å². The van der Waals surface area contributed by atoms with Crippen LogP contribution in [0.1, 0.15) is 20.6 Å². The molecule has 2 heterocycles. The van der Waals surface area contributed by atoms with Crippen LogP contribution in [0.3, 0.4) is 0 Å². The van der Waals surface area contributed by atoms with Crippen LogP contribution in [-0.4, -0.2) is 60.1 Å². The third kappa shape index (κ3) is 4.75. The Morgan fingerprint density at radius 1 is 1.29 bits per heavy atom. The van der Waals surface area contributed by atoms with E-state index in [2.05, 4.69) is 22.2 Å². The largest absolute Gasteiger partial charge is 0.423 e. The van der Waals surface area contributed by atoms with Gasteiger partial charge in [0.15, 0.2) is 5.76 Å². The number of nitrogen functional groups attached to an aromatic ring is 1. The van der Waals surface area contributed by atoms with Gasteiger partial charge in [-0.25, -0.2) is 4.98 Å². The molecule has 1 aliphatic carbocycles. The average Bonchev–Trinajstić information content (AvgIpc) is 3.10. The number of likely N-dealkylation sites (N-methyl/N-ethyl adjacent to an activating group) is 1. The van der Waals surface area contributed by atoms with Gasteiger partial charge in [-0.1, -0.05) is 24.3 Å². The molecule has 1 aromatic heterocycles. The molecule has 1 aliphatic heterocycles. The Hall–Kier alpha value is -3.65. The van der Waals surface area contributed by atoms with Crippen LogP contribution >= 0.6 is 0 Å². The molecule has 0 unspecified atom stereocenters. The van der Waals surface area contributed by atoms with E-state index in [0.717, 1.165) is 43.0 Å². The number of piperazine rings is 1. The van der Waals surface area contributed by atoms with Crippen LogP contribution < -0.4 is 11.1 Å². The van der Waals surface area contributed by atoms with Crippen LogP contribution in [0, 0.1) is 5.41 Å². The van der Waals surface area contributed by atoms with E-state index in [1.807, 2.05) is 29.2 Å². The highest BCUT2D eigenvalue weighted by molar-refractivity contribution is 5.95. The van der Waals surface area contributed by atoms with E-state index in [0.29, 0.717) is 29.4 Å². The number of hydrogen-bond donors (Lipinski definition) is 3. The molecule has 164 valence electrons. The van der Waals surface area contributed by atoms with Crippen LogP contribution in [0.4, 0.5) is 17.4 Å². The summed E-state index contributed by atoms with van der Waals surface area (Å²) in [6, 6.07) is 5.63. The Balaban J connectivity index is 0.00000193. The molecule has 4 N–H and O–H groups in total. The van der Waals surface area contributed by atoms with E-state index >= 15 is 0 Å². The molecule has 31 heavy (non-hydrogen) atoms. The van der Waals surface area contributed by atoms with Gasteiger partial charge in [0.1, 0.15) is 0 Å². The number of amides is 1. The van der Waals surface area contributed by atoms with Crippen molar-refractivity contribution in [2.45, 2.75) is 6.42 Å².